The predicted molar refractivity (Wildman–Crippen MR) is 90.0 cm³/mol. The summed E-state index contributed by atoms with van der Waals surface area (Å²) in [5, 5.41) is 2.94. The van der Waals surface area contributed by atoms with Gasteiger partial charge in [-0.25, -0.2) is 4.79 Å². The van der Waals surface area contributed by atoms with Crippen LogP contribution in [-0.2, 0) is 13.1 Å². The average molecular weight is 327 g/mol. The molecule has 0 fully saturated rings. The molecule has 24 heavy (non-hydrogen) atoms. The Labute approximate surface area is 141 Å². The number of carbonyl (C=O) groups excluding carboxylic acids is 1. The van der Waals surface area contributed by atoms with Crippen LogP contribution in [0.5, 0.6) is 11.5 Å². The largest absolute Gasteiger partial charge is 0.496 e. The van der Waals surface area contributed by atoms with Gasteiger partial charge in [-0.2, -0.15) is 0 Å². The standard InChI is InChI=1S/C18H21N3O3/c1-13-12-24-17-6-4-3-5-14(17)11-21(13)18(22)20-10-15-9-19-8-7-16(15)23-2/h3-9,13H,10-12H2,1-2H3,(H,20,22). The van der Waals surface area contributed by atoms with E-state index in [-0.39, 0.29) is 12.1 Å². The molecule has 6 heteroatoms. The van der Waals surface area contributed by atoms with Crippen LogP contribution in [-0.4, -0.2) is 35.7 Å². The van der Waals surface area contributed by atoms with Crippen molar-refractivity contribution in [3.8, 4) is 11.5 Å². The summed E-state index contributed by atoms with van der Waals surface area (Å²) in [6, 6.07) is 9.44. The highest BCUT2D eigenvalue weighted by Crippen LogP contribution is 2.24. The summed E-state index contributed by atoms with van der Waals surface area (Å²) in [4.78, 5) is 18.5. The fourth-order valence-electron chi connectivity index (χ4n) is 2.71. The molecule has 2 heterocycles. The van der Waals surface area contributed by atoms with Gasteiger partial charge in [0.1, 0.15) is 18.1 Å². The fourth-order valence-corrected chi connectivity index (χ4v) is 2.71. The van der Waals surface area contributed by atoms with Gasteiger partial charge in [-0.15, -0.1) is 0 Å². The van der Waals surface area contributed by atoms with Gasteiger partial charge in [0.05, 0.1) is 19.7 Å². The summed E-state index contributed by atoms with van der Waals surface area (Å²) in [5.41, 5.74) is 1.85. The van der Waals surface area contributed by atoms with Crippen molar-refractivity contribution in [2.45, 2.75) is 26.1 Å². The molecule has 1 aliphatic heterocycles. The van der Waals surface area contributed by atoms with Crippen molar-refractivity contribution in [2.24, 2.45) is 0 Å². The Hall–Kier alpha value is -2.76. The Kier molecular flexibility index (Phi) is 4.84. The number of methoxy groups -OCH3 is 1. The maximum Gasteiger partial charge on any atom is 0.318 e. The third kappa shape index (κ3) is 3.42. The molecule has 0 saturated heterocycles. The highest BCUT2D eigenvalue weighted by Gasteiger charge is 2.25. The molecule has 2 amide bonds. The van der Waals surface area contributed by atoms with Crippen LogP contribution in [0.1, 0.15) is 18.1 Å². The molecule has 1 aromatic carbocycles. The van der Waals surface area contributed by atoms with Gasteiger partial charge in [0.15, 0.2) is 0 Å². The first-order valence-corrected chi connectivity index (χ1v) is 7.91. The van der Waals surface area contributed by atoms with Crippen molar-refractivity contribution < 1.29 is 14.3 Å². The van der Waals surface area contributed by atoms with Crippen LogP contribution in [0.25, 0.3) is 0 Å². The van der Waals surface area contributed by atoms with E-state index in [4.69, 9.17) is 9.47 Å². The molecule has 0 aliphatic carbocycles. The number of carbonyl (C=O) groups is 1. The van der Waals surface area contributed by atoms with Crippen LogP contribution >= 0.6 is 0 Å². The second kappa shape index (κ2) is 7.21. The number of para-hydroxylation sites is 1. The van der Waals surface area contributed by atoms with Gasteiger partial charge in [0.2, 0.25) is 0 Å². The summed E-state index contributed by atoms with van der Waals surface area (Å²) in [6.07, 6.45) is 3.36. The number of ether oxygens (including phenoxy) is 2. The number of nitrogens with one attached hydrogen (secondary N) is 1. The molecule has 1 unspecified atom stereocenters. The molecule has 1 N–H and O–H groups in total. The monoisotopic (exact) mass is 327 g/mol. The number of pyridine rings is 1. The molecule has 1 aromatic heterocycles. The number of benzene rings is 1. The van der Waals surface area contributed by atoms with Gasteiger partial charge in [0.25, 0.3) is 0 Å². The van der Waals surface area contributed by atoms with Crippen molar-refractivity contribution in [2.75, 3.05) is 13.7 Å². The Bertz CT molecular complexity index is 720. The number of amides is 2. The minimum absolute atomic E-state index is 0.0202. The van der Waals surface area contributed by atoms with Gasteiger partial charge >= 0.3 is 6.03 Å². The zero-order valence-electron chi connectivity index (χ0n) is 13.9. The van der Waals surface area contributed by atoms with Crippen molar-refractivity contribution in [3.05, 3.63) is 53.9 Å². The average Bonchev–Trinajstić information content (AvgIpc) is 2.79. The first kappa shape index (κ1) is 16.1. The second-order valence-electron chi connectivity index (χ2n) is 5.74. The minimum Gasteiger partial charge on any atom is -0.496 e. The second-order valence-corrected chi connectivity index (χ2v) is 5.74. The van der Waals surface area contributed by atoms with E-state index in [1.54, 1.807) is 30.5 Å². The van der Waals surface area contributed by atoms with Crippen molar-refractivity contribution >= 4 is 6.03 Å². The Morgan fingerprint density at radius 2 is 2.25 bits per heavy atom. The first-order valence-electron chi connectivity index (χ1n) is 7.91. The van der Waals surface area contributed by atoms with Gasteiger partial charge in [-0.1, -0.05) is 18.2 Å². The molecule has 0 radical (unpaired) electrons. The van der Waals surface area contributed by atoms with E-state index in [1.165, 1.54) is 0 Å². The van der Waals surface area contributed by atoms with Gasteiger partial charge < -0.3 is 19.7 Å². The van der Waals surface area contributed by atoms with Crippen LogP contribution < -0.4 is 14.8 Å². The molecule has 126 valence electrons. The summed E-state index contributed by atoms with van der Waals surface area (Å²) < 4.78 is 11.1. The maximum atomic E-state index is 12.6. The van der Waals surface area contributed by atoms with Crippen molar-refractivity contribution in [1.82, 2.24) is 15.2 Å². The van der Waals surface area contributed by atoms with E-state index >= 15 is 0 Å². The molecule has 1 atom stereocenters. The number of fused-ring (bicyclic) bond motifs is 1. The molecule has 2 aromatic rings. The van der Waals surface area contributed by atoms with Gasteiger partial charge in [-0.05, 0) is 19.1 Å². The lowest BCUT2D eigenvalue weighted by molar-refractivity contribution is 0.156. The zero-order chi connectivity index (χ0) is 16.9. The Balaban J connectivity index is 1.70. The normalized spacial score (nSPS) is 16.6. The molecular weight excluding hydrogens is 306 g/mol. The number of hydrogen-bond acceptors (Lipinski definition) is 4. The van der Waals surface area contributed by atoms with E-state index in [0.717, 1.165) is 16.9 Å². The quantitative estimate of drug-likeness (QED) is 0.941. The highest BCUT2D eigenvalue weighted by molar-refractivity contribution is 5.75. The Morgan fingerprint density at radius 3 is 3.08 bits per heavy atom. The number of hydrogen-bond donors (Lipinski definition) is 1. The molecule has 3 rings (SSSR count). The summed E-state index contributed by atoms with van der Waals surface area (Å²) in [7, 11) is 1.60. The summed E-state index contributed by atoms with van der Waals surface area (Å²) in [5.74, 6) is 1.55. The number of rotatable bonds is 3. The van der Waals surface area contributed by atoms with Gasteiger partial charge in [0, 0.05) is 30.1 Å². The number of nitrogens with zero attached hydrogens (tertiary/aromatic N) is 2. The lowest BCUT2D eigenvalue weighted by Crippen LogP contribution is -2.45. The SMILES string of the molecule is COc1ccncc1CNC(=O)N1Cc2ccccc2OCC1C. The number of urea groups is 1. The highest BCUT2D eigenvalue weighted by atomic mass is 16.5. The van der Waals surface area contributed by atoms with Crippen LogP contribution in [0.4, 0.5) is 4.79 Å². The minimum atomic E-state index is -0.131. The van der Waals surface area contributed by atoms with E-state index in [9.17, 15) is 4.79 Å². The third-order valence-electron chi connectivity index (χ3n) is 4.10. The van der Waals surface area contributed by atoms with Crippen molar-refractivity contribution in [1.29, 1.82) is 0 Å². The smallest absolute Gasteiger partial charge is 0.318 e. The van der Waals surface area contributed by atoms with E-state index in [2.05, 4.69) is 10.3 Å². The lowest BCUT2D eigenvalue weighted by atomic mass is 10.2. The first-order chi connectivity index (χ1) is 11.7. The molecule has 0 bridgehead atoms. The lowest BCUT2D eigenvalue weighted by Gasteiger charge is -2.26. The summed E-state index contributed by atoms with van der Waals surface area (Å²) >= 11 is 0. The van der Waals surface area contributed by atoms with Gasteiger partial charge in [-0.3, -0.25) is 4.98 Å². The van der Waals surface area contributed by atoms with E-state index in [0.29, 0.717) is 25.4 Å². The van der Waals surface area contributed by atoms with Crippen LogP contribution in [0, 0.1) is 0 Å². The molecule has 6 nitrogen and oxygen atoms in total. The van der Waals surface area contributed by atoms with Crippen LogP contribution in [0.3, 0.4) is 0 Å². The van der Waals surface area contributed by atoms with E-state index < -0.39 is 0 Å². The molecule has 0 saturated carbocycles. The Morgan fingerprint density at radius 1 is 1.42 bits per heavy atom. The topological polar surface area (TPSA) is 63.7 Å². The molecule has 1 aliphatic rings. The molecular formula is C18H21N3O3. The fraction of sp³-hybridized carbons (Fsp3) is 0.333. The van der Waals surface area contributed by atoms with Crippen molar-refractivity contribution in [3.63, 3.8) is 0 Å². The summed E-state index contributed by atoms with van der Waals surface area (Å²) in [6.45, 7) is 3.34. The number of aromatic nitrogens is 1. The van der Waals surface area contributed by atoms with E-state index in [1.807, 2.05) is 31.2 Å². The molecule has 0 spiro atoms. The third-order valence-corrected chi connectivity index (χ3v) is 4.10. The predicted octanol–water partition coefficient (Wildman–Crippen LogP) is 2.58. The van der Waals surface area contributed by atoms with Crippen LogP contribution in [0.15, 0.2) is 42.7 Å². The van der Waals surface area contributed by atoms with Crippen LogP contribution in [0.2, 0.25) is 0 Å². The zero-order valence-corrected chi connectivity index (χ0v) is 13.9. The maximum absolute atomic E-state index is 12.6.